The maximum atomic E-state index is 12.9. The van der Waals surface area contributed by atoms with Gasteiger partial charge in [0.1, 0.15) is 23.3 Å². The predicted molar refractivity (Wildman–Crippen MR) is 72.5 cm³/mol. The summed E-state index contributed by atoms with van der Waals surface area (Å²) in [6.45, 7) is -0.887. The van der Waals surface area contributed by atoms with E-state index in [1.807, 2.05) is 0 Å². The lowest BCUT2D eigenvalue weighted by Crippen LogP contribution is -2.48. The first-order valence-corrected chi connectivity index (χ1v) is 9.11. The lowest BCUT2D eigenvalue weighted by atomic mass is 9.50. The molecule has 8 heteroatoms. The van der Waals surface area contributed by atoms with Crippen LogP contribution in [0.1, 0.15) is 38.5 Å². The molecule has 0 aliphatic heterocycles. The maximum Gasteiger partial charge on any atom is 0.508 e. The summed E-state index contributed by atoms with van der Waals surface area (Å²) in [5.74, 6) is 2.14. The molecule has 4 fully saturated rings. The molecule has 0 N–H and O–H groups in total. The molecular formula is C14H20FO6S-. The lowest BCUT2D eigenvalue weighted by molar-refractivity contribution is -0.0903. The van der Waals surface area contributed by atoms with Crippen LogP contribution < -0.4 is 0 Å². The second kappa shape index (κ2) is 5.63. The van der Waals surface area contributed by atoms with Gasteiger partial charge in [-0.3, -0.25) is 0 Å². The number of alkyl halides is 1. The van der Waals surface area contributed by atoms with Crippen molar-refractivity contribution in [2.75, 3.05) is 13.2 Å². The quantitative estimate of drug-likeness (QED) is 0.565. The summed E-state index contributed by atoms with van der Waals surface area (Å²) in [5, 5.41) is 0. The number of rotatable bonds is 5. The van der Waals surface area contributed by atoms with Crippen LogP contribution in [0.4, 0.5) is 9.18 Å². The van der Waals surface area contributed by atoms with Gasteiger partial charge in [0, 0.05) is 5.41 Å². The number of hydrogen-bond acceptors (Lipinski definition) is 6. The standard InChI is InChI=1S/C14H21FO6S/c15-12(22(17,18)19)7-20-13(16)21-8-14-4-9-1-10(5-14)3-11(2-9)6-14/h9-12H,1-8H2,(H,17,18,19)/p-1. The van der Waals surface area contributed by atoms with E-state index in [2.05, 4.69) is 4.74 Å². The molecule has 0 aromatic rings. The highest BCUT2D eigenvalue weighted by atomic mass is 32.2. The third-order valence-electron chi connectivity index (χ3n) is 5.31. The van der Waals surface area contributed by atoms with Gasteiger partial charge >= 0.3 is 6.16 Å². The molecule has 4 rings (SSSR count). The van der Waals surface area contributed by atoms with Crippen LogP contribution in [0, 0.1) is 23.2 Å². The summed E-state index contributed by atoms with van der Waals surface area (Å²) in [6.07, 6.45) is 5.85. The minimum atomic E-state index is -5.10. The SMILES string of the molecule is O=C(OCC(F)S(=O)(=O)[O-])OCC12CC3CC(CC(C3)C1)C2. The first-order valence-electron chi connectivity index (χ1n) is 7.64. The Morgan fingerprint density at radius 1 is 1.14 bits per heavy atom. The number of halogens is 1. The van der Waals surface area contributed by atoms with Crippen molar-refractivity contribution < 1.29 is 31.6 Å². The van der Waals surface area contributed by atoms with E-state index in [4.69, 9.17) is 4.74 Å². The van der Waals surface area contributed by atoms with E-state index in [1.165, 1.54) is 19.3 Å². The maximum absolute atomic E-state index is 12.9. The Balaban J connectivity index is 1.47. The number of carbonyl (C=O) groups is 1. The van der Waals surface area contributed by atoms with Crippen molar-refractivity contribution in [3.63, 3.8) is 0 Å². The summed E-state index contributed by atoms with van der Waals surface area (Å²) in [6, 6.07) is 0. The summed E-state index contributed by atoms with van der Waals surface area (Å²) >= 11 is 0. The minimum Gasteiger partial charge on any atom is -0.746 e. The van der Waals surface area contributed by atoms with E-state index in [0.29, 0.717) is 17.8 Å². The summed E-state index contributed by atoms with van der Waals surface area (Å²) in [4.78, 5) is 11.5. The van der Waals surface area contributed by atoms with E-state index in [1.54, 1.807) is 0 Å². The largest absolute Gasteiger partial charge is 0.746 e. The molecule has 6 nitrogen and oxygen atoms in total. The predicted octanol–water partition coefficient (Wildman–Crippen LogP) is 2.20. The molecule has 0 saturated heterocycles. The van der Waals surface area contributed by atoms with Crippen molar-refractivity contribution in [3.05, 3.63) is 0 Å². The van der Waals surface area contributed by atoms with E-state index in [-0.39, 0.29) is 12.0 Å². The molecule has 4 saturated carbocycles. The zero-order valence-electron chi connectivity index (χ0n) is 12.2. The first-order chi connectivity index (χ1) is 10.3. The lowest BCUT2D eigenvalue weighted by Gasteiger charge is -2.56. The average molecular weight is 335 g/mol. The number of hydrogen-bond donors (Lipinski definition) is 0. The van der Waals surface area contributed by atoms with Crippen LogP contribution in [0.25, 0.3) is 0 Å². The van der Waals surface area contributed by atoms with Crippen molar-refractivity contribution in [1.82, 2.24) is 0 Å². The van der Waals surface area contributed by atoms with Gasteiger partial charge in [0.05, 0.1) is 0 Å². The van der Waals surface area contributed by atoms with E-state index in [0.717, 1.165) is 19.3 Å². The zero-order chi connectivity index (χ0) is 16.0. The normalized spacial score (nSPS) is 37.8. The van der Waals surface area contributed by atoms with Crippen LogP contribution in [0.5, 0.6) is 0 Å². The van der Waals surface area contributed by atoms with Crippen LogP contribution in [0.3, 0.4) is 0 Å². The highest BCUT2D eigenvalue weighted by Crippen LogP contribution is 2.60. The number of ether oxygens (including phenoxy) is 2. The molecule has 0 radical (unpaired) electrons. The van der Waals surface area contributed by atoms with E-state index < -0.39 is 28.4 Å². The minimum absolute atomic E-state index is 0.00744. The van der Waals surface area contributed by atoms with Gasteiger partial charge in [-0.1, -0.05) is 0 Å². The summed E-state index contributed by atoms with van der Waals surface area (Å²) in [7, 11) is -5.10. The molecule has 0 aromatic carbocycles. The molecule has 22 heavy (non-hydrogen) atoms. The highest BCUT2D eigenvalue weighted by molar-refractivity contribution is 7.86. The molecule has 0 heterocycles. The topological polar surface area (TPSA) is 92.7 Å². The van der Waals surface area contributed by atoms with Crippen molar-refractivity contribution >= 4 is 16.3 Å². The third kappa shape index (κ3) is 3.37. The van der Waals surface area contributed by atoms with Gasteiger partial charge in [-0.05, 0) is 56.3 Å². The molecule has 0 amide bonds. The monoisotopic (exact) mass is 335 g/mol. The van der Waals surface area contributed by atoms with E-state index >= 15 is 0 Å². The zero-order valence-corrected chi connectivity index (χ0v) is 13.0. The Hall–Kier alpha value is -0.890. The molecule has 4 aliphatic rings. The van der Waals surface area contributed by atoms with Crippen LogP contribution >= 0.6 is 0 Å². The Labute approximate surface area is 129 Å². The first kappa shape index (κ1) is 16.0. The smallest absolute Gasteiger partial charge is 0.508 e. The second-order valence-corrected chi connectivity index (χ2v) is 8.67. The Morgan fingerprint density at radius 2 is 1.64 bits per heavy atom. The molecule has 4 aliphatic carbocycles. The third-order valence-corrected chi connectivity index (χ3v) is 6.07. The number of carbonyl (C=O) groups excluding carboxylic acids is 1. The molecule has 4 bridgehead atoms. The van der Waals surface area contributed by atoms with E-state index in [9.17, 15) is 22.2 Å². The van der Waals surface area contributed by atoms with Gasteiger partial charge in [-0.15, -0.1) is 0 Å². The molecule has 126 valence electrons. The average Bonchev–Trinajstić information content (AvgIpc) is 2.40. The fourth-order valence-corrected chi connectivity index (χ4v) is 5.17. The molecule has 1 atom stereocenters. The van der Waals surface area contributed by atoms with Crippen molar-refractivity contribution in [1.29, 1.82) is 0 Å². The van der Waals surface area contributed by atoms with Crippen LogP contribution in [0.2, 0.25) is 0 Å². The molecular weight excluding hydrogens is 315 g/mol. The van der Waals surface area contributed by atoms with Gasteiger partial charge in [0.2, 0.25) is 5.50 Å². The fourth-order valence-electron chi connectivity index (χ4n) is 4.94. The molecule has 1 unspecified atom stereocenters. The van der Waals surface area contributed by atoms with Gasteiger partial charge in [0.25, 0.3) is 0 Å². The van der Waals surface area contributed by atoms with Gasteiger partial charge < -0.3 is 14.0 Å². The second-order valence-electron chi connectivity index (χ2n) is 7.17. The molecule has 0 spiro atoms. The van der Waals surface area contributed by atoms with Crippen LogP contribution in [-0.4, -0.2) is 37.8 Å². The van der Waals surface area contributed by atoms with Gasteiger partial charge in [-0.25, -0.2) is 17.6 Å². The summed E-state index contributed by atoms with van der Waals surface area (Å²) in [5.41, 5.74) is -2.74. The van der Waals surface area contributed by atoms with Crippen molar-refractivity contribution in [2.45, 2.75) is 44.0 Å². The van der Waals surface area contributed by atoms with Gasteiger partial charge in [0.15, 0.2) is 0 Å². The highest BCUT2D eigenvalue weighted by Gasteiger charge is 2.51. The van der Waals surface area contributed by atoms with Crippen LogP contribution in [0.15, 0.2) is 0 Å². The fraction of sp³-hybridized carbons (Fsp3) is 0.929. The molecule has 0 aromatic heterocycles. The van der Waals surface area contributed by atoms with Crippen molar-refractivity contribution in [2.24, 2.45) is 23.2 Å². The van der Waals surface area contributed by atoms with Gasteiger partial charge in [-0.2, -0.15) is 0 Å². The van der Waals surface area contributed by atoms with Crippen molar-refractivity contribution in [3.8, 4) is 0 Å². The Bertz CT molecular complexity index is 510. The Kier molecular flexibility index (Phi) is 4.09. The summed E-state index contributed by atoms with van der Waals surface area (Å²) < 4.78 is 53.4. The van der Waals surface area contributed by atoms with Crippen LogP contribution in [-0.2, 0) is 19.6 Å². The Morgan fingerprint density at radius 3 is 2.09 bits per heavy atom.